The predicted molar refractivity (Wildman–Crippen MR) is 84.6 cm³/mol. The van der Waals surface area contributed by atoms with Crippen molar-refractivity contribution in [2.24, 2.45) is 5.92 Å². The van der Waals surface area contributed by atoms with Crippen molar-refractivity contribution in [3.8, 4) is 0 Å². The van der Waals surface area contributed by atoms with Crippen LogP contribution in [0.4, 0.5) is 0 Å². The summed E-state index contributed by atoms with van der Waals surface area (Å²) in [5.41, 5.74) is 0.386. The number of likely N-dealkylation sites (N-methyl/N-ethyl adjacent to an activating group) is 1. The minimum atomic E-state index is 0.386. The normalized spacial score (nSPS) is 29.6. The zero-order valence-corrected chi connectivity index (χ0v) is 13.6. The van der Waals surface area contributed by atoms with Crippen LogP contribution in [0.1, 0.15) is 44.9 Å². The van der Waals surface area contributed by atoms with Crippen molar-refractivity contribution in [3.05, 3.63) is 0 Å². The van der Waals surface area contributed by atoms with Gasteiger partial charge >= 0.3 is 0 Å². The van der Waals surface area contributed by atoms with Crippen LogP contribution in [0.25, 0.3) is 0 Å². The fourth-order valence-corrected chi connectivity index (χ4v) is 4.80. The average molecular weight is 296 g/mol. The van der Waals surface area contributed by atoms with Crippen molar-refractivity contribution in [1.29, 1.82) is 0 Å². The second-order valence-corrected chi connectivity index (χ2v) is 7.04. The predicted octanol–water partition coefficient (Wildman–Crippen LogP) is 2.04. The molecule has 2 heterocycles. The van der Waals surface area contributed by atoms with Crippen LogP contribution in [0, 0.1) is 5.92 Å². The van der Waals surface area contributed by atoms with E-state index in [0.717, 1.165) is 45.4 Å². The van der Waals surface area contributed by atoms with Gasteiger partial charge in [-0.3, -0.25) is 4.90 Å². The Morgan fingerprint density at radius 1 is 1.05 bits per heavy atom. The third kappa shape index (κ3) is 3.44. The van der Waals surface area contributed by atoms with Crippen LogP contribution in [0.15, 0.2) is 0 Å². The molecule has 0 radical (unpaired) electrons. The lowest BCUT2D eigenvalue weighted by atomic mass is 9.79. The van der Waals surface area contributed by atoms with E-state index in [1.807, 2.05) is 0 Å². The maximum atomic E-state index is 5.59. The van der Waals surface area contributed by atoms with Crippen LogP contribution in [-0.4, -0.2) is 63.0 Å². The third-order valence-electron chi connectivity index (χ3n) is 6.02. The zero-order chi connectivity index (χ0) is 14.5. The third-order valence-corrected chi connectivity index (χ3v) is 6.02. The molecule has 1 saturated carbocycles. The monoisotopic (exact) mass is 296 g/mol. The first kappa shape index (κ1) is 15.7. The van der Waals surface area contributed by atoms with Gasteiger partial charge in [-0.2, -0.15) is 0 Å². The number of hydrogen-bond donors (Lipinski definition) is 1. The Balaban J connectivity index is 1.70. The number of morpholine rings is 1. The molecule has 0 amide bonds. The molecule has 4 nitrogen and oxygen atoms in total. The topological polar surface area (TPSA) is 33.7 Å². The lowest BCUT2D eigenvalue weighted by molar-refractivity contribution is -0.0409. The van der Waals surface area contributed by atoms with E-state index in [1.165, 1.54) is 44.9 Å². The highest BCUT2D eigenvalue weighted by Gasteiger charge is 2.46. The summed E-state index contributed by atoms with van der Waals surface area (Å²) in [5, 5.41) is 3.71. The van der Waals surface area contributed by atoms with Crippen LogP contribution < -0.4 is 5.32 Å². The molecule has 3 aliphatic rings. The van der Waals surface area contributed by atoms with Crippen molar-refractivity contribution in [2.45, 2.75) is 56.5 Å². The molecule has 122 valence electrons. The van der Waals surface area contributed by atoms with Gasteiger partial charge in [0.25, 0.3) is 0 Å². The average Bonchev–Trinajstić information content (AvgIpc) is 3.05. The van der Waals surface area contributed by atoms with Gasteiger partial charge in [0.2, 0.25) is 0 Å². The first-order valence-electron chi connectivity index (χ1n) is 8.93. The zero-order valence-electron chi connectivity index (χ0n) is 13.6. The first-order valence-corrected chi connectivity index (χ1v) is 8.93. The number of nitrogens with zero attached hydrogens (tertiary/aromatic N) is 1. The summed E-state index contributed by atoms with van der Waals surface area (Å²) in [6.07, 6.45) is 9.32. The van der Waals surface area contributed by atoms with Crippen LogP contribution >= 0.6 is 0 Å². The molecule has 21 heavy (non-hydrogen) atoms. The van der Waals surface area contributed by atoms with Crippen molar-refractivity contribution in [1.82, 2.24) is 10.2 Å². The smallest absolute Gasteiger partial charge is 0.0594 e. The van der Waals surface area contributed by atoms with Crippen molar-refractivity contribution in [3.63, 3.8) is 0 Å². The van der Waals surface area contributed by atoms with Crippen LogP contribution in [0.2, 0.25) is 0 Å². The summed E-state index contributed by atoms with van der Waals surface area (Å²) in [6.45, 7) is 5.99. The fraction of sp³-hybridized carbons (Fsp3) is 1.00. The summed E-state index contributed by atoms with van der Waals surface area (Å²) in [4.78, 5) is 2.75. The Hall–Kier alpha value is -0.160. The molecule has 0 bridgehead atoms. The molecule has 2 aliphatic heterocycles. The maximum absolute atomic E-state index is 5.59. The minimum Gasteiger partial charge on any atom is -0.381 e. The van der Waals surface area contributed by atoms with E-state index in [-0.39, 0.29) is 0 Å². The van der Waals surface area contributed by atoms with Gasteiger partial charge in [-0.15, -0.1) is 0 Å². The Morgan fingerprint density at radius 3 is 2.29 bits per heavy atom. The van der Waals surface area contributed by atoms with E-state index < -0.39 is 0 Å². The fourth-order valence-electron chi connectivity index (χ4n) is 4.80. The highest BCUT2D eigenvalue weighted by molar-refractivity contribution is 5.04. The quantitative estimate of drug-likeness (QED) is 0.842. The molecule has 1 atom stereocenters. The van der Waals surface area contributed by atoms with Gasteiger partial charge < -0.3 is 14.8 Å². The van der Waals surface area contributed by atoms with Crippen LogP contribution in [0.3, 0.4) is 0 Å². The van der Waals surface area contributed by atoms with Crippen molar-refractivity contribution >= 4 is 0 Å². The van der Waals surface area contributed by atoms with Gasteiger partial charge in [-0.25, -0.2) is 0 Å². The van der Waals surface area contributed by atoms with E-state index in [4.69, 9.17) is 9.47 Å². The molecular formula is C17H32N2O2. The van der Waals surface area contributed by atoms with E-state index >= 15 is 0 Å². The summed E-state index contributed by atoms with van der Waals surface area (Å²) >= 11 is 0. The number of nitrogens with one attached hydrogen (secondary N) is 1. The Bertz CT molecular complexity index is 306. The minimum absolute atomic E-state index is 0.386. The largest absolute Gasteiger partial charge is 0.381 e. The molecule has 0 aromatic carbocycles. The Labute approximate surface area is 129 Å². The van der Waals surface area contributed by atoms with Crippen molar-refractivity contribution < 1.29 is 9.47 Å². The summed E-state index contributed by atoms with van der Waals surface area (Å²) in [7, 11) is 2.17. The standard InChI is InChI=1S/C17H32N2O2/c1-18-16(14-15-4-10-20-11-5-15)17(6-2-3-7-17)19-8-12-21-13-9-19/h15-16,18H,2-14H2,1H3. The molecule has 2 saturated heterocycles. The summed E-state index contributed by atoms with van der Waals surface area (Å²) in [5.74, 6) is 0.842. The lowest BCUT2D eigenvalue weighted by Crippen LogP contribution is -2.62. The molecule has 0 aromatic rings. The number of ether oxygens (including phenoxy) is 2. The highest BCUT2D eigenvalue weighted by Crippen LogP contribution is 2.41. The summed E-state index contributed by atoms with van der Waals surface area (Å²) in [6, 6.07) is 0.626. The molecule has 1 unspecified atom stereocenters. The number of rotatable bonds is 5. The molecule has 1 N–H and O–H groups in total. The van der Waals surface area contributed by atoms with Crippen LogP contribution in [-0.2, 0) is 9.47 Å². The van der Waals surface area contributed by atoms with Gasteiger partial charge in [0.15, 0.2) is 0 Å². The van der Waals surface area contributed by atoms with Gasteiger partial charge in [-0.05, 0) is 45.1 Å². The highest BCUT2D eigenvalue weighted by atomic mass is 16.5. The molecular weight excluding hydrogens is 264 g/mol. The molecule has 3 rings (SSSR count). The van der Waals surface area contributed by atoms with Gasteiger partial charge in [0, 0.05) is 37.9 Å². The maximum Gasteiger partial charge on any atom is 0.0594 e. The molecule has 0 spiro atoms. The van der Waals surface area contributed by atoms with Gasteiger partial charge in [0.05, 0.1) is 13.2 Å². The van der Waals surface area contributed by atoms with E-state index in [2.05, 4.69) is 17.3 Å². The van der Waals surface area contributed by atoms with E-state index in [1.54, 1.807) is 0 Å². The van der Waals surface area contributed by atoms with Crippen LogP contribution in [0.5, 0.6) is 0 Å². The number of hydrogen-bond acceptors (Lipinski definition) is 4. The van der Waals surface area contributed by atoms with Crippen molar-refractivity contribution in [2.75, 3.05) is 46.6 Å². The lowest BCUT2D eigenvalue weighted by Gasteiger charge is -2.49. The molecule has 3 fully saturated rings. The van der Waals surface area contributed by atoms with E-state index in [0.29, 0.717) is 11.6 Å². The molecule has 0 aromatic heterocycles. The van der Waals surface area contributed by atoms with Gasteiger partial charge in [0.1, 0.15) is 0 Å². The van der Waals surface area contributed by atoms with E-state index in [9.17, 15) is 0 Å². The first-order chi connectivity index (χ1) is 10.3. The second-order valence-electron chi connectivity index (χ2n) is 7.04. The second kappa shape index (κ2) is 7.40. The Kier molecular flexibility index (Phi) is 5.54. The summed E-state index contributed by atoms with van der Waals surface area (Å²) < 4.78 is 11.1. The Morgan fingerprint density at radius 2 is 1.67 bits per heavy atom. The van der Waals surface area contributed by atoms with Gasteiger partial charge in [-0.1, -0.05) is 12.8 Å². The SMILES string of the molecule is CNC(CC1CCOCC1)C1(N2CCOCC2)CCCC1. The molecule has 1 aliphatic carbocycles. The molecule has 4 heteroatoms.